The maximum atomic E-state index is 12.4. The quantitative estimate of drug-likeness (QED) is 0.451. The van der Waals surface area contributed by atoms with Crippen LogP contribution in [0.5, 0.6) is 0 Å². The van der Waals surface area contributed by atoms with E-state index >= 15 is 0 Å². The first-order valence-electron chi connectivity index (χ1n) is 7.47. The molecular weight excluding hydrogens is 391 g/mol. The molecule has 0 unspecified atom stereocenters. The lowest BCUT2D eigenvalue weighted by molar-refractivity contribution is -0.117. The predicted octanol–water partition coefficient (Wildman–Crippen LogP) is 2.16. The number of aliphatic imine (C=N–C) groups is 1. The Morgan fingerprint density at radius 3 is 2.77 bits per heavy atom. The Morgan fingerprint density at radius 1 is 1.36 bits per heavy atom. The highest BCUT2D eigenvalue weighted by atomic mass is 127. The summed E-state index contributed by atoms with van der Waals surface area (Å²) in [5, 5.41) is 6.25. The van der Waals surface area contributed by atoms with Crippen LogP contribution in [-0.4, -0.2) is 38.0 Å². The van der Waals surface area contributed by atoms with Crippen LogP contribution in [0, 0.1) is 0 Å². The molecule has 0 radical (unpaired) electrons. The van der Waals surface area contributed by atoms with Crippen molar-refractivity contribution in [2.24, 2.45) is 4.99 Å². The molecule has 1 amide bonds. The number of halogens is 1. The molecular formula is C16H25IN4O. The van der Waals surface area contributed by atoms with Gasteiger partial charge >= 0.3 is 0 Å². The molecule has 0 saturated heterocycles. The highest BCUT2D eigenvalue weighted by Gasteiger charge is 2.21. The number of para-hydroxylation sites is 1. The number of nitrogens with one attached hydrogen (secondary N) is 2. The molecule has 0 spiro atoms. The van der Waals surface area contributed by atoms with Crippen LogP contribution in [-0.2, 0) is 11.2 Å². The summed E-state index contributed by atoms with van der Waals surface area (Å²) in [5.74, 6) is 0.734. The fourth-order valence-electron chi connectivity index (χ4n) is 2.52. The highest BCUT2D eigenvalue weighted by Crippen LogP contribution is 2.26. The minimum Gasteiger partial charge on any atom is -0.354 e. The third-order valence-corrected chi connectivity index (χ3v) is 3.47. The molecule has 1 aliphatic heterocycles. The Morgan fingerprint density at radius 2 is 2.09 bits per heavy atom. The van der Waals surface area contributed by atoms with Gasteiger partial charge in [-0.15, -0.1) is 24.0 Å². The first-order chi connectivity index (χ1) is 10.1. The van der Waals surface area contributed by atoms with Gasteiger partial charge < -0.3 is 15.5 Å². The van der Waals surface area contributed by atoms with E-state index in [9.17, 15) is 4.79 Å². The van der Waals surface area contributed by atoms with Gasteiger partial charge in [-0.1, -0.05) is 18.2 Å². The lowest BCUT2D eigenvalue weighted by Crippen LogP contribution is -2.47. The maximum Gasteiger partial charge on any atom is 0.246 e. The Bertz CT molecular complexity index is 531. The largest absolute Gasteiger partial charge is 0.354 e. The number of carbonyl (C=O) groups is 1. The Kier molecular flexibility index (Phi) is 7.64. The molecule has 1 aliphatic rings. The van der Waals surface area contributed by atoms with Crippen molar-refractivity contribution in [2.75, 3.05) is 25.0 Å². The summed E-state index contributed by atoms with van der Waals surface area (Å²) >= 11 is 0. The van der Waals surface area contributed by atoms with Gasteiger partial charge in [-0.05, 0) is 38.3 Å². The molecule has 0 fully saturated rings. The first kappa shape index (κ1) is 18.7. The molecule has 22 heavy (non-hydrogen) atoms. The Hall–Kier alpha value is -1.31. The van der Waals surface area contributed by atoms with Crippen LogP contribution >= 0.6 is 24.0 Å². The van der Waals surface area contributed by atoms with Gasteiger partial charge in [0.2, 0.25) is 5.91 Å². The number of carbonyl (C=O) groups excluding carboxylic acids is 1. The van der Waals surface area contributed by atoms with Crippen molar-refractivity contribution >= 4 is 41.5 Å². The number of hydrogen-bond acceptors (Lipinski definition) is 2. The number of benzene rings is 1. The van der Waals surface area contributed by atoms with E-state index < -0.39 is 0 Å². The highest BCUT2D eigenvalue weighted by molar-refractivity contribution is 14.0. The fourth-order valence-corrected chi connectivity index (χ4v) is 2.52. The van der Waals surface area contributed by atoms with Crippen LogP contribution in [0.4, 0.5) is 5.69 Å². The average molecular weight is 416 g/mol. The number of nitrogens with zero attached hydrogens (tertiary/aromatic N) is 2. The van der Waals surface area contributed by atoms with Crippen LogP contribution in [0.3, 0.4) is 0 Å². The topological polar surface area (TPSA) is 56.7 Å². The number of hydrogen-bond donors (Lipinski definition) is 2. The number of amides is 1. The average Bonchev–Trinajstić information content (AvgIpc) is 2.50. The van der Waals surface area contributed by atoms with E-state index in [0.717, 1.165) is 25.1 Å². The zero-order valence-corrected chi connectivity index (χ0v) is 15.8. The van der Waals surface area contributed by atoms with Gasteiger partial charge in [0, 0.05) is 25.3 Å². The fraction of sp³-hybridized carbons (Fsp3) is 0.500. The number of guanidine groups is 1. The normalized spacial score (nSPS) is 14.2. The third-order valence-electron chi connectivity index (χ3n) is 3.47. The van der Waals surface area contributed by atoms with E-state index in [0.29, 0.717) is 5.96 Å². The molecule has 1 aromatic carbocycles. The summed E-state index contributed by atoms with van der Waals surface area (Å²) in [5.41, 5.74) is 2.30. The zero-order chi connectivity index (χ0) is 15.2. The second-order valence-electron chi connectivity index (χ2n) is 5.50. The summed E-state index contributed by atoms with van der Waals surface area (Å²) in [6, 6.07) is 8.41. The molecule has 2 rings (SSSR count). The summed E-state index contributed by atoms with van der Waals surface area (Å²) in [6.07, 6.45) is 2.06. The summed E-state index contributed by atoms with van der Waals surface area (Å²) < 4.78 is 0. The van der Waals surface area contributed by atoms with Crippen LogP contribution < -0.4 is 15.5 Å². The van der Waals surface area contributed by atoms with Crippen LogP contribution in [0.2, 0.25) is 0 Å². The van der Waals surface area contributed by atoms with E-state index in [1.165, 1.54) is 5.56 Å². The van der Waals surface area contributed by atoms with Crippen molar-refractivity contribution in [3.63, 3.8) is 0 Å². The van der Waals surface area contributed by atoms with Gasteiger partial charge in [-0.25, -0.2) is 0 Å². The van der Waals surface area contributed by atoms with Crippen molar-refractivity contribution in [1.82, 2.24) is 10.6 Å². The van der Waals surface area contributed by atoms with Crippen molar-refractivity contribution in [1.29, 1.82) is 0 Å². The van der Waals surface area contributed by atoms with Gasteiger partial charge in [-0.3, -0.25) is 9.79 Å². The van der Waals surface area contributed by atoms with Gasteiger partial charge in [0.15, 0.2) is 5.96 Å². The van der Waals surface area contributed by atoms with Crippen molar-refractivity contribution in [3.8, 4) is 0 Å². The molecule has 2 N–H and O–H groups in total. The molecule has 0 saturated carbocycles. The second kappa shape index (κ2) is 8.97. The van der Waals surface area contributed by atoms with Crippen molar-refractivity contribution < 1.29 is 4.79 Å². The molecule has 0 bridgehead atoms. The molecule has 6 heteroatoms. The lowest BCUT2D eigenvalue weighted by atomic mass is 10.0. The number of aryl methyl sites for hydroxylation is 1. The van der Waals surface area contributed by atoms with Crippen LogP contribution in [0.25, 0.3) is 0 Å². The molecule has 1 aromatic rings. The van der Waals surface area contributed by atoms with Crippen LogP contribution in [0.15, 0.2) is 29.3 Å². The van der Waals surface area contributed by atoms with E-state index in [1.807, 2.05) is 36.9 Å². The van der Waals surface area contributed by atoms with E-state index in [2.05, 4.69) is 21.7 Å². The molecule has 122 valence electrons. The molecule has 5 nitrogen and oxygen atoms in total. The Labute approximate surface area is 149 Å². The second-order valence-corrected chi connectivity index (χ2v) is 5.50. The lowest BCUT2D eigenvalue weighted by Gasteiger charge is -2.29. The number of rotatable bonds is 3. The molecule has 1 heterocycles. The minimum absolute atomic E-state index is 0. The summed E-state index contributed by atoms with van der Waals surface area (Å²) in [6.45, 7) is 5.11. The Balaban J connectivity index is 0.00000242. The maximum absolute atomic E-state index is 12.4. The number of fused-ring (bicyclic) bond motifs is 1. The van der Waals surface area contributed by atoms with E-state index in [1.54, 1.807) is 7.05 Å². The third kappa shape index (κ3) is 4.86. The predicted molar refractivity (Wildman–Crippen MR) is 102 cm³/mol. The van der Waals surface area contributed by atoms with Crippen molar-refractivity contribution in [2.45, 2.75) is 32.7 Å². The summed E-state index contributed by atoms with van der Waals surface area (Å²) in [4.78, 5) is 18.4. The monoisotopic (exact) mass is 416 g/mol. The van der Waals surface area contributed by atoms with Gasteiger partial charge in [0.25, 0.3) is 0 Å². The summed E-state index contributed by atoms with van der Waals surface area (Å²) in [7, 11) is 1.71. The van der Waals surface area contributed by atoms with Crippen molar-refractivity contribution in [3.05, 3.63) is 29.8 Å². The molecule has 0 aromatic heterocycles. The molecule has 0 aliphatic carbocycles. The molecule has 0 atom stereocenters. The van der Waals surface area contributed by atoms with E-state index in [-0.39, 0.29) is 42.5 Å². The minimum atomic E-state index is 0. The van der Waals surface area contributed by atoms with Crippen LogP contribution in [0.1, 0.15) is 25.8 Å². The smallest absolute Gasteiger partial charge is 0.246 e. The van der Waals surface area contributed by atoms with E-state index in [4.69, 9.17) is 0 Å². The standard InChI is InChI=1S/C16H24N4O.HI/c1-12(2)19-16(17-3)18-11-15(21)20-10-6-8-13-7-4-5-9-14(13)20;/h4-5,7,9,12H,6,8,10-11H2,1-3H3,(H2,17,18,19);1H. The zero-order valence-electron chi connectivity index (χ0n) is 13.4. The SMILES string of the molecule is CN=C(NCC(=O)N1CCCc2ccccc21)NC(C)C.I. The van der Waals surface area contributed by atoms with Gasteiger partial charge in [-0.2, -0.15) is 0 Å². The first-order valence-corrected chi connectivity index (χ1v) is 7.47. The van der Waals surface area contributed by atoms with Gasteiger partial charge in [0.1, 0.15) is 0 Å². The number of anilines is 1. The van der Waals surface area contributed by atoms with Gasteiger partial charge in [0.05, 0.1) is 6.54 Å².